The molecule has 0 spiro atoms. The Balaban J connectivity index is 3.05. The number of nitrogens with zero attached hydrogens (tertiary/aromatic N) is 3. The molecule has 0 bridgehead atoms. The van der Waals surface area contributed by atoms with Crippen molar-refractivity contribution in [2.45, 2.75) is 19.9 Å². The Morgan fingerprint density at radius 3 is 2.62 bits per heavy atom. The SMILES string of the molecule is CC(CO)Cn1nnc(C(=O)O)c1C(F)F. The van der Waals surface area contributed by atoms with Crippen LogP contribution in [0.4, 0.5) is 8.78 Å². The van der Waals surface area contributed by atoms with Crippen LogP contribution in [0.25, 0.3) is 0 Å². The highest BCUT2D eigenvalue weighted by atomic mass is 19.3. The van der Waals surface area contributed by atoms with Gasteiger partial charge in [-0.3, -0.25) is 0 Å². The second-order valence-corrected chi connectivity index (χ2v) is 3.40. The van der Waals surface area contributed by atoms with E-state index >= 15 is 0 Å². The van der Waals surface area contributed by atoms with Crippen LogP contribution in [-0.4, -0.2) is 37.8 Å². The van der Waals surface area contributed by atoms with Gasteiger partial charge in [0.15, 0.2) is 5.69 Å². The molecule has 0 saturated carbocycles. The van der Waals surface area contributed by atoms with Gasteiger partial charge >= 0.3 is 5.97 Å². The van der Waals surface area contributed by atoms with Crippen LogP contribution in [0.15, 0.2) is 0 Å². The van der Waals surface area contributed by atoms with Crippen molar-refractivity contribution in [3.05, 3.63) is 11.4 Å². The summed E-state index contributed by atoms with van der Waals surface area (Å²) < 4.78 is 26.0. The maximum atomic E-state index is 12.6. The first-order valence-corrected chi connectivity index (χ1v) is 4.53. The number of rotatable bonds is 5. The average molecular weight is 235 g/mol. The van der Waals surface area contributed by atoms with Crippen molar-refractivity contribution in [3.8, 4) is 0 Å². The molecule has 8 heteroatoms. The minimum atomic E-state index is -2.97. The summed E-state index contributed by atoms with van der Waals surface area (Å²) in [6.45, 7) is 1.42. The van der Waals surface area contributed by atoms with Crippen LogP contribution < -0.4 is 0 Å². The van der Waals surface area contributed by atoms with E-state index in [4.69, 9.17) is 10.2 Å². The number of halogens is 2. The number of aliphatic hydroxyl groups is 1. The van der Waals surface area contributed by atoms with E-state index in [0.29, 0.717) is 0 Å². The molecular weight excluding hydrogens is 224 g/mol. The highest BCUT2D eigenvalue weighted by Crippen LogP contribution is 2.22. The number of hydrogen-bond acceptors (Lipinski definition) is 4. The van der Waals surface area contributed by atoms with E-state index < -0.39 is 23.8 Å². The van der Waals surface area contributed by atoms with Crippen LogP contribution in [0.1, 0.15) is 29.5 Å². The summed E-state index contributed by atoms with van der Waals surface area (Å²) in [6, 6.07) is 0. The molecule has 0 aliphatic rings. The number of hydrogen-bond donors (Lipinski definition) is 2. The van der Waals surface area contributed by atoms with E-state index in [-0.39, 0.29) is 19.1 Å². The van der Waals surface area contributed by atoms with E-state index in [1.165, 1.54) is 0 Å². The van der Waals surface area contributed by atoms with Gasteiger partial charge in [0.05, 0.1) is 0 Å². The Hall–Kier alpha value is -1.57. The van der Waals surface area contributed by atoms with E-state index in [0.717, 1.165) is 4.68 Å². The molecule has 16 heavy (non-hydrogen) atoms. The number of carboxylic acids is 1. The van der Waals surface area contributed by atoms with Gasteiger partial charge in [-0.2, -0.15) is 0 Å². The summed E-state index contributed by atoms with van der Waals surface area (Å²) in [7, 11) is 0. The van der Waals surface area contributed by atoms with Crippen LogP contribution in [0.3, 0.4) is 0 Å². The predicted octanol–water partition coefficient (Wildman–Crippen LogP) is 0.542. The molecule has 0 aromatic carbocycles. The first kappa shape index (κ1) is 12.5. The molecule has 0 fully saturated rings. The standard InChI is InChI=1S/C8H11F2N3O3/c1-4(3-14)2-13-6(7(9)10)5(8(15)16)11-12-13/h4,7,14H,2-3H2,1H3,(H,15,16). The minimum Gasteiger partial charge on any atom is -0.476 e. The largest absolute Gasteiger partial charge is 0.476 e. The first-order chi connectivity index (χ1) is 7.47. The highest BCUT2D eigenvalue weighted by Gasteiger charge is 2.26. The molecule has 1 unspecified atom stereocenters. The van der Waals surface area contributed by atoms with Gasteiger partial charge in [-0.05, 0) is 5.92 Å². The number of carbonyl (C=O) groups is 1. The van der Waals surface area contributed by atoms with Gasteiger partial charge in [0.1, 0.15) is 5.69 Å². The molecule has 0 aliphatic heterocycles. The maximum absolute atomic E-state index is 12.6. The zero-order valence-corrected chi connectivity index (χ0v) is 8.47. The molecule has 1 heterocycles. The van der Waals surface area contributed by atoms with Crippen LogP contribution in [-0.2, 0) is 6.54 Å². The summed E-state index contributed by atoms with van der Waals surface area (Å²) in [5.74, 6) is -1.85. The van der Waals surface area contributed by atoms with E-state index in [9.17, 15) is 13.6 Å². The molecule has 1 atom stereocenters. The number of aromatic carboxylic acids is 1. The van der Waals surface area contributed by atoms with Crippen molar-refractivity contribution in [1.29, 1.82) is 0 Å². The fraction of sp³-hybridized carbons (Fsp3) is 0.625. The third-order valence-corrected chi connectivity index (χ3v) is 1.98. The van der Waals surface area contributed by atoms with Crippen molar-refractivity contribution < 1.29 is 23.8 Å². The molecule has 0 amide bonds. The van der Waals surface area contributed by atoms with Crippen molar-refractivity contribution in [1.82, 2.24) is 15.0 Å². The molecule has 1 rings (SSSR count). The van der Waals surface area contributed by atoms with Crippen LogP contribution in [0.5, 0.6) is 0 Å². The summed E-state index contributed by atoms with van der Waals surface area (Å²) in [6.07, 6.45) is -2.97. The van der Waals surface area contributed by atoms with Crippen molar-refractivity contribution in [3.63, 3.8) is 0 Å². The van der Waals surface area contributed by atoms with Gasteiger partial charge < -0.3 is 10.2 Å². The fourth-order valence-electron chi connectivity index (χ4n) is 1.18. The summed E-state index contributed by atoms with van der Waals surface area (Å²) >= 11 is 0. The zero-order chi connectivity index (χ0) is 12.3. The second kappa shape index (κ2) is 4.97. The lowest BCUT2D eigenvalue weighted by Crippen LogP contribution is -2.16. The van der Waals surface area contributed by atoms with Crippen LogP contribution >= 0.6 is 0 Å². The first-order valence-electron chi connectivity index (χ1n) is 4.53. The Bertz CT molecular complexity index is 381. The zero-order valence-electron chi connectivity index (χ0n) is 8.47. The van der Waals surface area contributed by atoms with Gasteiger partial charge in [-0.15, -0.1) is 5.10 Å². The van der Waals surface area contributed by atoms with E-state index in [1.54, 1.807) is 6.92 Å². The lowest BCUT2D eigenvalue weighted by molar-refractivity contribution is 0.0675. The third-order valence-electron chi connectivity index (χ3n) is 1.98. The lowest BCUT2D eigenvalue weighted by Gasteiger charge is -2.09. The third kappa shape index (κ3) is 2.51. The quantitative estimate of drug-likeness (QED) is 0.777. The number of alkyl halides is 2. The van der Waals surface area contributed by atoms with Gasteiger partial charge in [0, 0.05) is 13.2 Å². The van der Waals surface area contributed by atoms with Crippen molar-refractivity contribution in [2.75, 3.05) is 6.61 Å². The van der Waals surface area contributed by atoms with Crippen molar-refractivity contribution in [2.24, 2.45) is 5.92 Å². The number of aliphatic hydroxyl groups excluding tert-OH is 1. The normalized spacial score (nSPS) is 13.1. The second-order valence-electron chi connectivity index (χ2n) is 3.40. The molecule has 90 valence electrons. The average Bonchev–Trinajstić information content (AvgIpc) is 2.61. The van der Waals surface area contributed by atoms with E-state index in [2.05, 4.69) is 10.3 Å². The van der Waals surface area contributed by atoms with Gasteiger partial charge in [-0.25, -0.2) is 18.3 Å². The van der Waals surface area contributed by atoms with Gasteiger partial charge in [0.2, 0.25) is 0 Å². The highest BCUT2D eigenvalue weighted by molar-refractivity contribution is 5.86. The van der Waals surface area contributed by atoms with Crippen LogP contribution in [0.2, 0.25) is 0 Å². The maximum Gasteiger partial charge on any atom is 0.358 e. The number of aromatic nitrogens is 3. The number of carboxylic acid groups (broad SMARTS) is 1. The predicted molar refractivity (Wildman–Crippen MR) is 48.2 cm³/mol. The smallest absolute Gasteiger partial charge is 0.358 e. The summed E-state index contributed by atoms with van der Waals surface area (Å²) in [5, 5.41) is 23.9. The Morgan fingerprint density at radius 2 is 2.19 bits per heavy atom. The Kier molecular flexibility index (Phi) is 3.88. The van der Waals surface area contributed by atoms with Crippen LogP contribution in [0, 0.1) is 5.92 Å². The van der Waals surface area contributed by atoms with Gasteiger partial charge in [-0.1, -0.05) is 12.1 Å². The summed E-state index contributed by atoms with van der Waals surface area (Å²) in [4.78, 5) is 10.6. The molecule has 2 N–H and O–H groups in total. The molecular formula is C8H11F2N3O3. The molecule has 1 aromatic rings. The molecule has 6 nitrogen and oxygen atoms in total. The molecule has 1 aromatic heterocycles. The fourth-order valence-corrected chi connectivity index (χ4v) is 1.18. The van der Waals surface area contributed by atoms with Crippen molar-refractivity contribution >= 4 is 5.97 Å². The molecule has 0 aliphatic carbocycles. The monoisotopic (exact) mass is 235 g/mol. The molecule has 0 saturated heterocycles. The molecule has 0 radical (unpaired) electrons. The minimum absolute atomic E-state index is 0.00352. The van der Waals surface area contributed by atoms with E-state index in [1.807, 2.05) is 0 Å². The summed E-state index contributed by atoms with van der Waals surface area (Å²) in [5.41, 5.74) is -1.48. The Labute approximate surface area is 89.5 Å². The lowest BCUT2D eigenvalue weighted by atomic mass is 10.2. The Morgan fingerprint density at radius 1 is 1.56 bits per heavy atom. The topological polar surface area (TPSA) is 88.2 Å². The van der Waals surface area contributed by atoms with Gasteiger partial charge in [0.25, 0.3) is 6.43 Å².